The zero-order chi connectivity index (χ0) is 14.2. The molecule has 0 saturated heterocycles. The molecular weight excluding hydrogens is 240 g/mol. The predicted molar refractivity (Wildman–Crippen MR) is 64.1 cm³/mol. The van der Waals surface area contributed by atoms with Crippen LogP contribution in [0.2, 0.25) is 0 Å². The van der Waals surface area contributed by atoms with E-state index in [4.69, 9.17) is 5.11 Å². The van der Waals surface area contributed by atoms with E-state index in [1.165, 1.54) is 0 Å². The smallest absolute Gasteiger partial charge is 0.325 e. The van der Waals surface area contributed by atoms with Gasteiger partial charge in [-0.25, -0.2) is 4.79 Å². The zero-order valence-corrected chi connectivity index (χ0v) is 10.9. The summed E-state index contributed by atoms with van der Waals surface area (Å²) in [4.78, 5) is 33.2. The van der Waals surface area contributed by atoms with E-state index in [1.807, 2.05) is 0 Å². The minimum Gasteiger partial charge on any atom is -0.481 e. The Balaban J connectivity index is 4.03. The highest BCUT2D eigenvalue weighted by atomic mass is 16.5. The van der Waals surface area contributed by atoms with E-state index in [1.54, 1.807) is 20.8 Å². The van der Waals surface area contributed by atoms with Crippen LogP contribution in [0.25, 0.3) is 0 Å². The first-order valence-corrected chi connectivity index (χ1v) is 5.76. The monoisotopic (exact) mass is 260 g/mol. The molecule has 0 bridgehead atoms. The molecule has 2 amide bonds. The molecule has 0 heterocycles. The summed E-state index contributed by atoms with van der Waals surface area (Å²) < 4.78 is 4.62. The Bertz CT molecular complexity index is 319. The average Bonchev–Trinajstić information content (AvgIpc) is 2.33. The molecule has 0 aromatic carbocycles. The van der Waals surface area contributed by atoms with Crippen molar-refractivity contribution in [3.8, 4) is 0 Å². The minimum atomic E-state index is -1.01. The van der Waals surface area contributed by atoms with Gasteiger partial charge >= 0.3 is 18.0 Å². The Morgan fingerprint density at radius 3 is 2.28 bits per heavy atom. The second kappa shape index (κ2) is 7.52. The third-order valence-corrected chi connectivity index (χ3v) is 2.63. The van der Waals surface area contributed by atoms with Crippen LogP contribution in [0.4, 0.5) is 4.79 Å². The second-order valence-corrected chi connectivity index (χ2v) is 4.06. The van der Waals surface area contributed by atoms with Crippen LogP contribution in [0.1, 0.15) is 27.2 Å². The molecule has 1 unspecified atom stereocenters. The topological polar surface area (TPSA) is 105 Å². The number of esters is 1. The lowest BCUT2D eigenvalue weighted by Crippen LogP contribution is -2.45. The lowest BCUT2D eigenvalue weighted by atomic mass is 9.88. The maximum atomic E-state index is 11.3. The lowest BCUT2D eigenvalue weighted by Gasteiger charge is -2.23. The highest BCUT2D eigenvalue weighted by molar-refractivity contribution is 5.81. The molecule has 104 valence electrons. The molecule has 18 heavy (non-hydrogen) atoms. The Morgan fingerprint density at radius 1 is 1.22 bits per heavy atom. The fourth-order valence-electron chi connectivity index (χ4n) is 1.05. The van der Waals surface area contributed by atoms with Crippen molar-refractivity contribution in [3.63, 3.8) is 0 Å². The standard InChI is InChI=1S/C11H20N2O5/c1-4-11(3,9(15)16)7-13-10(17)12-6-8(14)18-5-2/h4-7H2,1-3H3,(H,15,16)(H2,12,13,17). The van der Waals surface area contributed by atoms with E-state index in [0.717, 1.165) is 0 Å². The predicted octanol–water partition coefficient (Wildman–Crippen LogP) is 0.350. The first-order chi connectivity index (χ1) is 8.35. The highest BCUT2D eigenvalue weighted by Crippen LogP contribution is 2.19. The number of carbonyl (C=O) groups is 3. The van der Waals surface area contributed by atoms with Gasteiger partial charge < -0.3 is 20.5 Å². The number of nitrogens with one attached hydrogen (secondary N) is 2. The fraction of sp³-hybridized carbons (Fsp3) is 0.727. The van der Waals surface area contributed by atoms with Crippen LogP contribution < -0.4 is 10.6 Å². The zero-order valence-electron chi connectivity index (χ0n) is 10.9. The first kappa shape index (κ1) is 16.2. The van der Waals surface area contributed by atoms with Gasteiger partial charge in [-0.05, 0) is 20.3 Å². The van der Waals surface area contributed by atoms with Crippen molar-refractivity contribution in [2.45, 2.75) is 27.2 Å². The maximum Gasteiger partial charge on any atom is 0.325 e. The number of hydrogen-bond donors (Lipinski definition) is 3. The molecule has 0 rings (SSSR count). The van der Waals surface area contributed by atoms with Crippen LogP contribution in [0.15, 0.2) is 0 Å². The van der Waals surface area contributed by atoms with Gasteiger partial charge in [-0.2, -0.15) is 0 Å². The van der Waals surface area contributed by atoms with Gasteiger partial charge in [0.1, 0.15) is 6.54 Å². The van der Waals surface area contributed by atoms with Crippen LogP contribution in [0, 0.1) is 5.41 Å². The average molecular weight is 260 g/mol. The number of hydrogen-bond acceptors (Lipinski definition) is 4. The molecule has 0 aliphatic rings. The van der Waals surface area contributed by atoms with Crippen LogP contribution in [-0.4, -0.2) is 42.8 Å². The van der Waals surface area contributed by atoms with Gasteiger partial charge in [0.15, 0.2) is 0 Å². The van der Waals surface area contributed by atoms with Crippen LogP contribution in [0.3, 0.4) is 0 Å². The van der Waals surface area contributed by atoms with Crippen molar-refractivity contribution in [3.05, 3.63) is 0 Å². The number of carboxylic acids is 1. The van der Waals surface area contributed by atoms with Crippen LogP contribution in [-0.2, 0) is 14.3 Å². The number of amides is 2. The van der Waals surface area contributed by atoms with Crippen molar-refractivity contribution in [2.24, 2.45) is 5.41 Å². The molecule has 0 radical (unpaired) electrons. The van der Waals surface area contributed by atoms with E-state index < -0.39 is 23.4 Å². The summed E-state index contributed by atoms with van der Waals surface area (Å²) in [6, 6.07) is -0.594. The molecule has 7 heteroatoms. The Morgan fingerprint density at radius 2 is 1.83 bits per heavy atom. The Labute approximate surface area is 106 Å². The normalized spacial score (nSPS) is 13.3. The highest BCUT2D eigenvalue weighted by Gasteiger charge is 2.31. The van der Waals surface area contributed by atoms with Gasteiger partial charge in [0.2, 0.25) is 0 Å². The molecule has 0 aromatic heterocycles. The number of carboxylic acid groups (broad SMARTS) is 1. The van der Waals surface area contributed by atoms with Gasteiger partial charge in [0.05, 0.1) is 12.0 Å². The summed E-state index contributed by atoms with van der Waals surface area (Å²) in [6.07, 6.45) is 0.389. The summed E-state index contributed by atoms with van der Waals surface area (Å²) >= 11 is 0. The van der Waals surface area contributed by atoms with Crippen LogP contribution in [0.5, 0.6) is 0 Å². The van der Waals surface area contributed by atoms with Gasteiger partial charge in [0.25, 0.3) is 0 Å². The van der Waals surface area contributed by atoms with E-state index in [9.17, 15) is 14.4 Å². The van der Waals surface area contributed by atoms with Crippen molar-refractivity contribution >= 4 is 18.0 Å². The lowest BCUT2D eigenvalue weighted by molar-refractivity contribution is -0.147. The third kappa shape index (κ3) is 5.51. The molecule has 0 aromatic rings. The van der Waals surface area contributed by atoms with Gasteiger partial charge in [-0.1, -0.05) is 6.92 Å². The SMILES string of the molecule is CCOC(=O)CNC(=O)NCC(C)(CC)C(=O)O. The molecule has 3 N–H and O–H groups in total. The molecule has 0 aliphatic heterocycles. The summed E-state index contributed by atoms with van der Waals surface area (Å²) in [6.45, 7) is 4.93. The summed E-state index contributed by atoms with van der Waals surface area (Å²) in [7, 11) is 0. The Kier molecular flexibility index (Phi) is 6.77. The number of ether oxygens (including phenoxy) is 1. The number of carbonyl (C=O) groups excluding carboxylic acids is 2. The van der Waals surface area contributed by atoms with Crippen molar-refractivity contribution < 1.29 is 24.2 Å². The summed E-state index contributed by atoms with van der Waals surface area (Å²) in [5.74, 6) is -1.51. The summed E-state index contributed by atoms with van der Waals surface area (Å²) in [5.41, 5.74) is -1.01. The van der Waals surface area contributed by atoms with Crippen molar-refractivity contribution in [1.82, 2.24) is 10.6 Å². The molecule has 1 atom stereocenters. The molecule has 0 aliphatic carbocycles. The summed E-state index contributed by atoms with van der Waals surface area (Å²) in [5, 5.41) is 13.7. The largest absolute Gasteiger partial charge is 0.481 e. The third-order valence-electron chi connectivity index (χ3n) is 2.63. The molecule has 7 nitrogen and oxygen atoms in total. The van der Waals surface area contributed by atoms with Crippen molar-refractivity contribution in [2.75, 3.05) is 19.7 Å². The van der Waals surface area contributed by atoms with Gasteiger partial charge in [-0.3, -0.25) is 9.59 Å². The number of aliphatic carboxylic acids is 1. The van der Waals surface area contributed by atoms with E-state index in [0.29, 0.717) is 6.42 Å². The van der Waals surface area contributed by atoms with E-state index in [2.05, 4.69) is 15.4 Å². The van der Waals surface area contributed by atoms with Crippen LogP contribution >= 0.6 is 0 Å². The maximum absolute atomic E-state index is 11.3. The van der Waals surface area contributed by atoms with E-state index >= 15 is 0 Å². The molecule has 0 saturated carbocycles. The second-order valence-electron chi connectivity index (χ2n) is 4.06. The van der Waals surface area contributed by atoms with Gasteiger partial charge in [-0.15, -0.1) is 0 Å². The van der Waals surface area contributed by atoms with Crippen molar-refractivity contribution in [1.29, 1.82) is 0 Å². The minimum absolute atomic E-state index is 0.00646. The quantitative estimate of drug-likeness (QED) is 0.573. The molecule has 0 spiro atoms. The molecule has 0 fully saturated rings. The number of urea groups is 1. The fourth-order valence-corrected chi connectivity index (χ4v) is 1.05. The number of rotatable bonds is 7. The van der Waals surface area contributed by atoms with Gasteiger partial charge in [0, 0.05) is 6.54 Å². The van der Waals surface area contributed by atoms with E-state index in [-0.39, 0.29) is 19.7 Å². The first-order valence-electron chi connectivity index (χ1n) is 5.76. The molecular formula is C11H20N2O5. The Hall–Kier alpha value is -1.79.